The lowest BCUT2D eigenvalue weighted by molar-refractivity contribution is -0.114. The highest BCUT2D eigenvalue weighted by atomic mass is 16.5. The molecule has 0 atom stereocenters. The van der Waals surface area contributed by atoms with E-state index in [1.165, 1.54) is 14.0 Å². The molecule has 0 aliphatic rings. The molecule has 2 amide bonds. The summed E-state index contributed by atoms with van der Waals surface area (Å²) in [4.78, 5) is 25.1. The largest absolute Gasteiger partial charge is 0.496 e. The first-order valence-electron chi connectivity index (χ1n) is 6.32. The van der Waals surface area contributed by atoms with Crippen LogP contribution in [0.25, 0.3) is 0 Å². The molecule has 0 saturated heterocycles. The lowest BCUT2D eigenvalue weighted by Crippen LogP contribution is -2.31. The summed E-state index contributed by atoms with van der Waals surface area (Å²) in [6, 6.07) is 4.95. The van der Waals surface area contributed by atoms with Crippen molar-refractivity contribution >= 4 is 17.5 Å². The van der Waals surface area contributed by atoms with Crippen LogP contribution in [-0.2, 0) is 4.79 Å². The fourth-order valence-electron chi connectivity index (χ4n) is 1.65. The Kier molecular flexibility index (Phi) is 5.99. The number of carbonyl (C=O) groups is 2. The van der Waals surface area contributed by atoms with Gasteiger partial charge in [0.05, 0.1) is 12.7 Å². The Morgan fingerprint density at radius 3 is 2.55 bits per heavy atom. The topological polar surface area (TPSA) is 70.7 Å². The maximum atomic E-state index is 12.1. The summed E-state index contributed by atoms with van der Waals surface area (Å²) in [6.45, 7) is 2.71. The van der Waals surface area contributed by atoms with E-state index in [0.717, 1.165) is 6.54 Å². The van der Waals surface area contributed by atoms with Gasteiger partial charge in [-0.2, -0.15) is 0 Å². The van der Waals surface area contributed by atoms with Crippen molar-refractivity contribution in [2.45, 2.75) is 6.92 Å². The number of nitrogens with one attached hydrogen (secondary N) is 2. The molecule has 1 rings (SSSR count). The van der Waals surface area contributed by atoms with Crippen LogP contribution in [0.1, 0.15) is 17.3 Å². The van der Waals surface area contributed by atoms with Crippen molar-refractivity contribution in [3.05, 3.63) is 23.8 Å². The van der Waals surface area contributed by atoms with Crippen LogP contribution in [0.3, 0.4) is 0 Å². The van der Waals surface area contributed by atoms with Crippen molar-refractivity contribution in [2.75, 3.05) is 39.6 Å². The minimum atomic E-state index is -0.226. The van der Waals surface area contributed by atoms with Gasteiger partial charge in [-0.3, -0.25) is 9.59 Å². The van der Waals surface area contributed by atoms with Crippen molar-refractivity contribution in [2.24, 2.45) is 0 Å². The average molecular weight is 279 g/mol. The molecule has 0 heterocycles. The smallest absolute Gasteiger partial charge is 0.255 e. The van der Waals surface area contributed by atoms with Gasteiger partial charge in [-0.25, -0.2) is 0 Å². The van der Waals surface area contributed by atoms with E-state index in [1.807, 2.05) is 19.0 Å². The van der Waals surface area contributed by atoms with Crippen molar-refractivity contribution in [1.82, 2.24) is 10.2 Å². The summed E-state index contributed by atoms with van der Waals surface area (Å²) in [5, 5.41) is 5.46. The van der Waals surface area contributed by atoms with Crippen molar-refractivity contribution in [3.63, 3.8) is 0 Å². The number of anilines is 1. The molecular formula is C14H21N3O3. The van der Waals surface area contributed by atoms with Gasteiger partial charge in [0, 0.05) is 25.7 Å². The number of hydrogen-bond donors (Lipinski definition) is 2. The first-order chi connectivity index (χ1) is 9.43. The molecule has 0 radical (unpaired) electrons. The molecule has 1 aromatic carbocycles. The standard InChI is InChI=1S/C14H21N3O3/c1-10(18)16-11-5-6-13(20-4)12(9-11)14(19)15-7-8-17(2)3/h5-6,9H,7-8H2,1-4H3,(H,15,19)(H,16,18). The maximum Gasteiger partial charge on any atom is 0.255 e. The van der Waals surface area contributed by atoms with Gasteiger partial charge in [-0.15, -0.1) is 0 Å². The molecule has 0 bridgehead atoms. The van der Waals surface area contributed by atoms with E-state index in [0.29, 0.717) is 23.5 Å². The highest BCUT2D eigenvalue weighted by Crippen LogP contribution is 2.22. The molecule has 0 fully saturated rings. The fourth-order valence-corrected chi connectivity index (χ4v) is 1.65. The summed E-state index contributed by atoms with van der Waals surface area (Å²) in [6.07, 6.45) is 0. The monoisotopic (exact) mass is 279 g/mol. The van der Waals surface area contributed by atoms with E-state index in [4.69, 9.17) is 4.74 Å². The molecule has 6 nitrogen and oxygen atoms in total. The average Bonchev–Trinajstić information content (AvgIpc) is 2.37. The number of benzene rings is 1. The van der Waals surface area contributed by atoms with E-state index in [2.05, 4.69) is 10.6 Å². The Balaban J connectivity index is 2.84. The van der Waals surface area contributed by atoms with Crippen molar-refractivity contribution in [3.8, 4) is 5.75 Å². The Labute approximate surface area is 119 Å². The summed E-state index contributed by atoms with van der Waals surface area (Å²) in [5.74, 6) is 0.0616. The Hall–Kier alpha value is -2.08. The Morgan fingerprint density at radius 1 is 1.30 bits per heavy atom. The molecule has 0 unspecified atom stereocenters. The second-order valence-electron chi connectivity index (χ2n) is 4.66. The van der Waals surface area contributed by atoms with Gasteiger partial charge in [0.2, 0.25) is 5.91 Å². The first kappa shape index (κ1) is 16.0. The molecule has 6 heteroatoms. The Bertz CT molecular complexity index is 487. The molecular weight excluding hydrogens is 258 g/mol. The number of methoxy groups -OCH3 is 1. The minimum absolute atomic E-state index is 0.186. The van der Waals surface area contributed by atoms with Crippen molar-refractivity contribution in [1.29, 1.82) is 0 Å². The van der Waals surface area contributed by atoms with Crippen LogP contribution in [0.15, 0.2) is 18.2 Å². The zero-order valence-corrected chi connectivity index (χ0v) is 12.3. The SMILES string of the molecule is COc1ccc(NC(C)=O)cc1C(=O)NCCN(C)C. The molecule has 1 aromatic rings. The van der Waals surface area contributed by atoms with E-state index in [9.17, 15) is 9.59 Å². The molecule has 0 spiro atoms. The number of amides is 2. The normalized spacial score (nSPS) is 10.2. The predicted molar refractivity (Wildman–Crippen MR) is 78.2 cm³/mol. The summed E-state index contributed by atoms with van der Waals surface area (Å²) < 4.78 is 5.17. The molecule has 0 aromatic heterocycles. The third-order valence-electron chi connectivity index (χ3n) is 2.61. The van der Waals surface area contributed by atoms with Gasteiger partial charge >= 0.3 is 0 Å². The van der Waals surface area contributed by atoms with Gasteiger partial charge in [0.25, 0.3) is 5.91 Å². The maximum absolute atomic E-state index is 12.1. The van der Waals surface area contributed by atoms with Gasteiger partial charge in [0.15, 0.2) is 0 Å². The van der Waals surface area contributed by atoms with Crippen molar-refractivity contribution < 1.29 is 14.3 Å². The quantitative estimate of drug-likeness (QED) is 0.813. The molecule has 110 valence electrons. The number of carbonyl (C=O) groups excluding carboxylic acids is 2. The fraction of sp³-hybridized carbons (Fsp3) is 0.429. The molecule has 0 aliphatic heterocycles. The Morgan fingerprint density at radius 2 is 2.00 bits per heavy atom. The third-order valence-corrected chi connectivity index (χ3v) is 2.61. The van der Waals surface area contributed by atoms with Gasteiger partial charge in [-0.1, -0.05) is 0 Å². The highest BCUT2D eigenvalue weighted by Gasteiger charge is 2.13. The zero-order chi connectivity index (χ0) is 15.1. The van der Waals surface area contributed by atoms with Crippen LogP contribution in [-0.4, -0.2) is 51.0 Å². The lowest BCUT2D eigenvalue weighted by atomic mass is 10.1. The number of hydrogen-bond acceptors (Lipinski definition) is 4. The van der Waals surface area contributed by atoms with Gasteiger partial charge in [-0.05, 0) is 32.3 Å². The number of rotatable bonds is 6. The van der Waals surface area contributed by atoms with E-state index >= 15 is 0 Å². The van der Waals surface area contributed by atoms with Crippen LogP contribution < -0.4 is 15.4 Å². The lowest BCUT2D eigenvalue weighted by Gasteiger charge is -2.13. The predicted octanol–water partition coefficient (Wildman–Crippen LogP) is 0.945. The summed E-state index contributed by atoms with van der Waals surface area (Å²) in [7, 11) is 5.37. The summed E-state index contributed by atoms with van der Waals surface area (Å²) >= 11 is 0. The molecule has 2 N–H and O–H groups in total. The highest BCUT2D eigenvalue weighted by molar-refractivity contribution is 5.99. The van der Waals surface area contributed by atoms with E-state index in [1.54, 1.807) is 18.2 Å². The van der Waals surface area contributed by atoms with Crippen LogP contribution >= 0.6 is 0 Å². The third kappa shape index (κ3) is 4.89. The van der Waals surface area contributed by atoms with Gasteiger partial charge in [0.1, 0.15) is 5.75 Å². The van der Waals surface area contributed by atoms with Crippen LogP contribution in [0.5, 0.6) is 5.75 Å². The van der Waals surface area contributed by atoms with Crippen LogP contribution in [0.4, 0.5) is 5.69 Å². The van der Waals surface area contributed by atoms with Gasteiger partial charge < -0.3 is 20.3 Å². The van der Waals surface area contributed by atoms with E-state index < -0.39 is 0 Å². The number of likely N-dealkylation sites (N-methyl/N-ethyl adjacent to an activating group) is 1. The molecule has 0 aliphatic carbocycles. The summed E-state index contributed by atoms with van der Waals surface area (Å²) in [5.41, 5.74) is 0.966. The molecule has 20 heavy (non-hydrogen) atoms. The minimum Gasteiger partial charge on any atom is -0.496 e. The molecule has 0 saturated carbocycles. The van der Waals surface area contributed by atoms with Crippen LogP contribution in [0, 0.1) is 0 Å². The first-order valence-corrected chi connectivity index (χ1v) is 6.32. The second-order valence-corrected chi connectivity index (χ2v) is 4.66. The number of nitrogens with zero attached hydrogens (tertiary/aromatic N) is 1. The zero-order valence-electron chi connectivity index (χ0n) is 12.3. The van der Waals surface area contributed by atoms with Crippen LogP contribution in [0.2, 0.25) is 0 Å². The second kappa shape index (κ2) is 7.49. The van der Waals surface area contributed by atoms with E-state index in [-0.39, 0.29) is 11.8 Å². The number of ether oxygens (including phenoxy) is 1.